The Kier molecular flexibility index (Phi) is 5.58. The zero-order valence-corrected chi connectivity index (χ0v) is 11.2. The van der Waals surface area contributed by atoms with Crippen molar-refractivity contribution in [1.82, 2.24) is 4.90 Å². The molecule has 1 atom stereocenters. The van der Waals surface area contributed by atoms with E-state index < -0.39 is 0 Å². The minimum absolute atomic E-state index is 0.645. The molecule has 2 nitrogen and oxygen atoms in total. The Morgan fingerprint density at radius 3 is 3.08 bits per heavy atom. The standard InChI is InChI=1S/C8H15BrN2S2/c1-11(3-4-12-2)8-10-6-7(5-9)13-8/h7H,3-6H2,1-2H3. The fourth-order valence-electron chi connectivity index (χ4n) is 1.02. The van der Waals surface area contributed by atoms with Crippen LogP contribution in [0.25, 0.3) is 0 Å². The fourth-order valence-corrected chi connectivity index (χ4v) is 3.01. The molecule has 1 rings (SSSR count). The second-order valence-electron chi connectivity index (χ2n) is 2.93. The molecule has 0 spiro atoms. The van der Waals surface area contributed by atoms with Crippen LogP contribution in [-0.4, -0.2) is 52.8 Å². The third-order valence-electron chi connectivity index (χ3n) is 1.83. The van der Waals surface area contributed by atoms with Crippen molar-refractivity contribution < 1.29 is 0 Å². The highest BCUT2D eigenvalue weighted by atomic mass is 79.9. The van der Waals surface area contributed by atoms with E-state index in [2.05, 4.69) is 39.1 Å². The maximum Gasteiger partial charge on any atom is 0.159 e. The zero-order chi connectivity index (χ0) is 9.68. The highest BCUT2D eigenvalue weighted by Gasteiger charge is 2.20. The van der Waals surface area contributed by atoms with Crippen molar-refractivity contribution in [2.45, 2.75) is 5.25 Å². The number of hydrogen-bond acceptors (Lipinski definition) is 4. The minimum Gasteiger partial charge on any atom is -0.354 e. The molecular weight excluding hydrogens is 268 g/mol. The highest BCUT2D eigenvalue weighted by Crippen LogP contribution is 2.24. The smallest absolute Gasteiger partial charge is 0.159 e. The van der Waals surface area contributed by atoms with E-state index in [4.69, 9.17) is 0 Å². The lowest BCUT2D eigenvalue weighted by Gasteiger charge is -2.17. The van der Waals surface area contributed by atoms with Gasteiger partial charge in [-0.15, -0.1) is 0 Å². The van der Waals surface area contributed by atoms with E-state index in [-0.39, 0.29) is 0 Å². The lowest BCUT2D eigenvalue weighted by Crippen LogP contribution is -2.25. The van der Waals surface area contributed by atoms with Crippen LogP contribution in [-0.2, 0) is 0 Å². The van der Waals surface area contributed by atoms with Gasteiger partial charge < -0.3 is 4.90 Å². The van der Waals surface area contributed by atoms with E-state index in [9.17, 15) is 0 Å². The Morgan fingerprint density at radius 1 is 1.77 bits per heavy atom. The van der Waals surface area contributed by atoms with E-state index in [1.54, 1.807) is 0 Å². The summed E-state index contributed by atoms with van der Waals surface area (Å²) in [5.41, 5.74) is 0. The first kappa shape index (κ1) is 11.7. The van der Waals surface area contributed by atoms with Gasteiger partial charge in [0.15, 0.2) is 5.17 Å². The molecule has 13 heavy (non-hydrogen) atoms. The van der Waals surface area contributed by atoms with Gasteiger partial charge in [0.2, 0.25) is 0 Å². The number of alkyl halides is 1. The second kappa shape index (κ2) is 6.19. The van der Waals surface area contributed by atoms with Crippen LogP contribution in [0.4, 0.5) is 0 Å². The molecule has 0 saturated heterocycles. The van der Waals surface area contributed by atoms with Crippen LogP contribution >= 0.6 is 39.5 Å². The molecule has 0 amide bonds. The zero-order valence-electron chi connectivity index (χ0n) is 7.99. The van der Waals surface area contributed by atoms with Gasteiger partial charge in [-0.05, 0) is 6.26 Å². The molecule has 1 aliphatic rings. The molecule has 1 aliphatic heterocycles. The first-order chi connectivity index (χ1) is 6.27. The van der Waals surface area contributed by atoms with Crippen LogP contribution in [0.3, 0.4) is 0 Å². The van der Waals surface area contributed by atoms with E-state index >= 15 is 0 Å². The number of aliphatic imine (C=N–C) groups is 1. The molecular formula is C8H15BrN2S2. The molecule has 0 bridgehead atoms. The van der Waals surface area contributed by atoms with Crippen molar-refractivity contribution >= 4 is 44.6 Å². The number of hydrogen-bond donors (Lipinski definition) is 0. The van der Waals surface area contributed by atoms with Gasteiger partial charge >= 0.3 is 0 Å². The van der Waals surface area contributed by atoms with Crippen LogP contribution in [0, 0.1) is 0 Å². The molecule has 0 aromatic heterocycles. The Balaban J connectivity index is 2.28. The summed E-state index contributed by atoms with van der Waals surface area (Å²) < 4.78 is 0. The molecule has 0 saturated carbocycles. The minimum atomic E-state index is 0.645. The number of thioether (sulfide) groups is 2. The molecule has 1 heterocycles. The van der Waals surface area contributed by atoms with Gasteiger partial charge in [0.25, 0.3) is 0 Å². The summed E-state index contributed by atoms with van der Waals surface area (Å²) in [6.45, 7) is 2.07. The molecule has 0 N–H and O–H groups in total. The van der Waals surface area contributed by atoms with E-state index in [0.29, 0.717) is 5.25 Å². The number of rotatable bonds is 4. The lowest BCUT2D eigenvalue weighted by atomic mass is 10.5. The van der Waals surface area contributed by atoms with Crippen molar-refractivity contribution in [2.75, 3.05) is 37.5 Å². The quantitative estimate of drug-likeness (QED) is 0.735. The van der Waals surface area contributed by atoms with Crippen molar-refractivity contribution in [3.63, 3.8) is 0 Å². The van der Waals surface area contributed by atoms with Gasteiger partial charge in [0, 0.05) is 29.9 Å². The lowest BCUT2D eigenvalue weighted by molar-refractivity contribution is 0.550. The van der Waals surface area contributed by atoms with Gasteiger partial charge in [-0.3, -0.25) is 4.99 Å². The average molecular weight is 283 g/mol. The first-order valence-corrected chi connectivity index (χ1v) is 7.64. The Hall–Kier alpha value is 0.650. The Labute approximate surface area is 97.1 Å². The Morgan fingerprint density at radius 2 is 2.54 bits per heavy atom. The van der Waals surface area contributed by atoms with E-state index in [0.717, 1.165) is 18.4 Å². The van der Waals surface area contributed by atoms with Crippen LogP contribution in [0.1, 0.15) is 0 Å². The van der Waals surface area contributed by atoms with Crippen LogP contribution in [0.2, 0.25) is 0 Å². The summed E-state index contributed by atoms with van der Waals surface area (Å²) in [4.78, 5) is 6.76. The normalized spacial score (nSPS) is 21.8. The van der Waals surface area contributed by atoms with Gasteiger partial charge in [0.05, 0.1) is 6.54 Å². The van der Waals surface area contributed by atoms with E-state index in [1.807, 2.05) is 23.5 Å². The predicted octanol–water partition coefficient (Wildman–Crippen LogP) is 2.15. The van der Waals surface area contributed by atoms with Gasteiger partial charge in [-0.2, -0.15) is 11.8 Å². The van der Waals surface area contributed by atoms with Crippen molar-refractivity contribution in [3.05, 3.63) is 0 Å². The topological polar surface area (TPSA) is 15.6 Å². The van der Waals surface area contributed by atoms with Gasteiger partial charge in [0.1, 0.15) is 0 Å². The fraction of sp³-hybridized carbons (Fsp3) is 0.875. The molecule has 0 radical (unpaired) electrons. The molecule has 0 aliphatic carbocycles. The first-order valence-electron chi connectivity index (χ1n) is 4.25. The summed E-state index contributed by atoms with van der Waals surface area (Å²) in [7, 11) is 2.12. The summed E-state index contributed by atoms with van der Waals surface area (Å²) in [6.07, 6.45) is 2.14. The largest absolute Gasteiger partial charge is 0.354 e. The maximum absolute atomic E-state index is 4.51. The summed E-state index contributed by atoms with van der Waals surface area (Å²) in [5.74, 6) is 1.18. The summed E-state index contributed by atoms with van der Waals surface area (Å²) in [5, 5.41) is 2.89. The molecule has 0 fully saturated rings. The van der Waals surface area contributed by atoms with Crippen LogP contribution in [0.15, 0.2) is 4.99 Å². The van der Waals surface area contributed by atoms with Crippen molar-refractivity contribution in [2.24, 2.45) is 4.99 Å². The van der Waals surface area contributed by atoms with Crippen molar-refractivity contribution in [1.29, 1.82) is 0 Å². The number of amidine groups is 1. The molecule has 1 unspecified atom stereocenters. The SMILES string of the molecule is CSCCN(C)C1=NCC(CBr)S1. The monoisotopic (exact) mass is 282 g/mol. The average Bonchev–Trinajstić information content (AvgIpc) is 2.62. The number of halogens is 1. The molecule has 76 valence electrons. The predicted molar refractivity (Wildman–Crippen MR) is 68.5 cm³/mol. The summed E-state index contributed by atoms with van der Waals surface area (Å²) >= 11 is 7.26. The third-order valence-corrected chi connectivity index (χ3v) is 4.93. The second-order valence-corrected chi connectivity index (χ2v) is 5.83. The van der Waals surface area contributed by atoms with Crippen LogP contribution < -0.4 is 0 Å². The maximum atomic E-state index is 4.51. The summed E-state index contributed by atoms with van der Waals surface area (Å²) in [6, 6.07) is 0. The van der Waals surface area contributed by atoms with Crippen LogP contribution in [0.5, 0.6) is 0 Å². The molecule has 0 aromatic rings. The third kappa shape index (κ3) is 3.72. The van der Waals surface area contributed by atoms with Gasteiger partial charge in [-0.1, -0.05) is 27.7 Å². The molecule has 5 heteroatoms. The Bertz CT molecular complexity index is 187. The molecule has 0 aromatic carbocycles. The highest BCUT2D eigenvalue weighted by molar-refractivity contribution is 9.09. The number of nitrogens with zero attached hydrogens (tertiary/aromatic N) is 2. The van der Waals surface area contributed by atoms with Crippen molar-refractivity contribution in [3.8, 4) is 0 Å². The van der Waals surface area contributed by atoms with Gasteiger partial charge in [-0.25, -0.2) is 0 Å². The van der Waals surface area contributed by atoms with E-state index in [1.165, 1.54) is 10.9 Å².